The van der Waals surface area contributed by atoms with Crippen molar-refractivity contribution in [2.24, 2.45) is 0 Å². The Morgan fingerprint density at radius 1 is 1.50 bits per heavy atom. The molecule has 0 aliphatic carbocycles. The molecule has 1 amide bonds. The van der Waals surface area contributed by atoms with Gasteiger partial charge in [-0.2, -0.15) is 5.26 Å². The predicted molar refractivity (Wildman–Crippen MR) is 66.0 cm³/mol. The van der Waals surface area contributed by atoms with Crippen LogP contribution in [0.25, 0.3) is 0 Å². The van der Waals surface area contributed by atoms with Gasteiger partial charge in [-0.15, -0.1) is 0 Å². The molecule has 0 unspecified atom stereocenters. The minimum absolute atomic E-state index is 0.0252. The lowest BCUT2D eigenvalue weighted by Crippen LogP contribution is -2.27. The van der Waals surface area contributed by atoms with E-state index in [1.54, 1.807) is 26.8 Å². The van der Waals surface area contributed by atoms with Crippen LogP contribution in [0.15, 0.2) is 12.1 Å². The summed E-state index contributed by atoms with van der Waals surface area (Å²) in [6, 6.07) is 3.88. The van der Waals surface area contributed by atoms with Crippen LogP contribution in [0.1, 0.15) is 26.3 Å². The molecule has 0 heterocycles. The lowest BCUT2D eigenvalue weighted by Gasteiger charge is -2.20. The number of hydrogen-bond acceptors (Lipinski definition) is 3. The summed E-state index contributed by atoms with van der Waals surface area (Å²) in [5.41, 5.74) is -0.582. The quantitative estimate of drug-likeness (QED) is 0.846. The Balaban J connectivity index is 2.95. The number of rotatable bonds is 1. The maximum Gasteiger partial charge on any atom is 0.412 e. The highest BCUT2D eigenvalue weighted by Gasteiger charge is 2.18. The average molecular weight is 271 g/mol. The summed E-state index contributed by atoms with van der Waals surface area (Å²) >= 11 is 5.58. The highest BCUT2D eigenvalue weighted by Crippen LogP contribution is 2.24. The normalized spacial score (nSPS) is 10.7. The number of amides is 1. The van der Waals surface area contributed by atoms with Crippen molar-refractivity contribution < 1.29 is 13.9 Å². The molecule has 1 N–H and O–H groups in total. The van der Waals surface area contributed by atoms with Crippen LogP contribution in [0.3, 0.4) is 0 Å². The van der Waals surface area contributed by atoms with E-state index < -0.39 is 17.5 Å². The van der Waals surface area contributed by atoms with E-state index in [9.17, 15) is 9.18 Å². The van der Waals surface area contributed by atoms with Gasteiger partial charge in [-0.3, -0.25) is 5.32 Å². The summed E-state index contributed by atoms with van der Waals surface area (Å²) in [5, 5.41) is 11.0. The maximum atomic E-state index is 13.1. The zero-order chi connectivity index (χ0) is 13.9. The van der Waals surface area contributed by atoms with Gasteiger partial charge in [0.2, 0.25) is 0 Å². The van der Waals surface area contributed by atoms with Gasteiger partial charge in [-0.1, -0.05) is 11.6 Å². The molecule has 0 saturated carbocycles. The fourth-order valence-electron chi connectivity index (χ4n) is 1.16. The Labute approximate surface area is 109 Å². The molecule has 0 saturated heterocycles. The molecule has 96 valence electrons. The van der Waals surface area contributed by atoms with Crippen molar-refractivity contribution in [3.8, 4) is 6.07 Å². The van der Waals surface area contributed by atoms with E-state index in [0.717, 1.165) is 6.07 Å². The molecule has 18 heavy (non-hydrogen) atoms. The van der Waals surface area contributed by atoms with Crippen LogP contribution in [0.5, 0.6) is 0 Å². The number of halogens is 2. The lowest BCUT2D eigenvalue weighted by molar-refractivity contribution is 0.0636. The zero-order valence-electron chi connectivity index (χ0n) is 10.2. The SMILES string of the molecule is CC(C)(C)OC(=O)Nc1cc(Cl)c(F)cc1C#N. The van der Waals surface area contributed by atoms with E-state index in [0.29, 0.717) is 0 Å². The monoisotopic (exact) mass is 270 g/mol. The molecule has 1 rings (SSSR count). The van der Waals surface area contributed by atoms with E-state index in [-0.39, 0.29) is 16.3 Å². The van der Waals surface area contributed by atoms with Crippen LogP contribution < -0.4 is 5.32 Å². The van der Waals surface area contributed by atoms with Crippen molar-refractivity contribution in [3.63, 3.8) is 0 Å². The number of nitrogens with one attached hydrogen (secondary N) is 1. The van der Waals surface area contributed by atoms with Crippen LogP contribution >= 0.6 is 11.6 Å². The van der Waals surface area contributed by atoms with Crippen LogP contribution in [0.4, 0.5) is 14.9 Å². The van der Waals surface area contributed by atoms with Gasteiger partial charge in [0, 0.05) is 0 Å². The largest absolute Gasteiger partial charge is 0.444 e. The fraction of sp³-hybridized carbons (Fsp3) is 0.333. The molecule has 6 heteroatoms. The van der Waals surface area contributed by atoms with E-state index in [4.69, 9.17) is 21.6 Å². The highest BCUT2D eigenvalue weighted by atomic mass is 35.5. The summed E-state index contributed by atoms with van der Waals surface area (Å²) < 4.78 is 18.1. The number of hydrogen-bond donors (Lipinski definition) is 1. The Bertz CT molecular complexity index is 518. The summed E-state index contributed by atoms with van der Waals surface area (Å²) in [7, 11) is 0. The molecular weight excluding hydrogens is 259 g/mol. The van der Waals surface area contributed by atoms with Crippen molar-refractivity contribution in [2.45, 2.75) is 26.4 Å². The fourth-order valence-corrected chi connectivity index (χ4v) is 1.32. The van der Waals surface area contributed by atoms with Crippen LogP contribution in [-0.2, 0) is 4.74 Å². The smallest absolute Gasteiger partial charge is 0.412 e. The minimum Gasteiger partial charge on any atom is -0.444 e. The van der Waals surface area contributed by atoms with Crippen LogP contribution in [0.2, 0.25) is 5.02 Å². The van der Waals surface area contributed by atoms with Gasteiger partial charge in [0.1, 0.15) is 17.5 Å². The topological polar surface area (TPSA) is 62.1 Å². The molecular formula is C12H12ClFN2O2. The standard InChI is InChI=1S/C12H12ClFN2O2/c1-12(2,3)18-11(17)16-10-5-8(13)9(14)4-7(10)6-15/h4-5H,1-3H3,(H,16,17). The van der Waals surface area contributed by atoms with E-state index in [2.05, 4.69) is 5.32 Å². The molecule has 0 aliphatic rings. The molecule has 0 radical (unpaired) electrons. The first-order valence-electron chi connectivity index (χ1n) is 5.12. The highest BCUT2D eigenvalue weighted by molar-refractivity contribution is 6.31. The number of anilines is 1. The summed E-state index contributed by atoms with van der Waals surface area (Å²) in [6.07, 6.45) is -0.735. The van der Waals surface area contributed by atoms with Crippen molar-refractivity contribution >= 4 is 23.4 Å². The Hall–Kier alpha value is -1.80. The molecule has 0 aliphatic heterocycles. The summed E-state index contributed by atoms with van der Waals surface area (Å²) in [6.45, 7) is 5.11. The number of carbonyl (C=O) groups is 1. The Kier molecular flexibility index (Phi) is 4.15. The van der Waals surface area contributed by atoms with Gasteiger partial charge < -0.3 is 4.74 Å². The van der Waals surface area contributed by atoms with E-state index in [1.165, 1.54) is 6.07 Å². The lowest BCUT2D eigenvalue weighted by atomic mass is 10.2. The summed E-state index contributed by atoms with van der Waals surface area (Å²) in [4.78, 5) is 11.5. The van der Waals surface area contributed by atoms with Crippen LogP contribution in [-0.4, -0.2) is 11.7 Å². The first-order valence-corrected chi connectivity index (χ1v) is 5.50. The molecule has 1 aromatic rings. The Morgan fingerprint density at radius 2 is 2.11 bits per heavy atom. The average Bonchev–Trinajstić information content (AvgIpc) is 2.20. The van der Waals surface area contributed by atoms with Crippen LogP contribution in [0, 0.1) is 17.1 Å². The van der Waals surface area contributed by atoms with Crippen molar-refractivity contribution in [2.75, 3.05) is 5.32 Å². The van der Waals surface area contributed by atoms with Crippen molar-refractivity contribution in [1.82, 2.24) is 0 Å². The number of benzene rings is 1. The molecule has 0 spiro atoms. The third kappa shape index (κ3) is 3.90. The third-order valence-electron chi connectivity index (χ3n) is 1.82. The van der Waals surface area contributed by atoms with Crippen molar-refractivity contribution in [1.29, 1.82) is 5.26 Å². The maximum absolute atomic E-state index is 13.1. The molecule has 0 atom stereocenters. The second-order valence-electron chi connectivity index (χ2n) is 4.55. The minimum atomic E-state index is -0.735. The number of ether oxygens (including phenoxy) is 1. The molecule has 0 aromatic heterocycles. The van der Waals surface area contributed by atoms with Gasteiger partial charge in [-0.05, 0) is 32.9 Å². The van der Waals surface area contributed by atoms with Gasteiger partial charge in [0.05, 0.1) is 16.3 Å². The first-order chi connectivity index (χ1) is 8.23. The van der Waals surface area contributed by atoms with Crippen molar-refractivity contribution in [3.05, 3.63) is 28.5 Å². The summed E-state index contributed by atoms with van der Waals surface area (Å²) in [5.74, 6) is -0.719. The van der Waals surface area contributed by atoms with E-state index >= 15 is 0 Å². The molecule has 0 fully saturated rings. The first kappa shape index (κ1) is 14.3. The second-order valence-corrected chi connectivity index (χ2v) is 4.96. The zero-order valence-corrected chi connectivity index (χ0v) is 10.9. The van der Waals surface area contributed by atoms with Gasteiger partial charge >= 0.3 is 6.09 Å². The molecule has 4 nitrogen and oxygen atoms in total. The van der Waals surface area contributed by atoms with Gasteiger partial charge in [0.25, 0.3) is 0 Å². The number of carbonyl (C=O) groups excluding carboxylic acids is 1. The predicted octanol–water partition coefficient (Wildman–Crippen LogP) is 3.70. The number of nitrogens with zero attached hydrogens (tertiary/aromatic N) is 1. The Morgan fingerprint density at radius 3 is 2.61 bits per heavy atom. The third-order valence-corrected chi connectivity index (χ3v) is 2.11. The van der Waals surface area contributed by atoms with Gasteiger partial charge in [-0.25, -0.2) is 9.18 Å². The second kappa shape index (κ2) is 5.23. The van der Waals surface area contributed by atoms with Gasteiger partial charge in [0.15, 0.2) is 0 Å². The molecule has 1 aromatic carbocycles. The number of nitriles is 1. The molecule has 0 bridgehead atoms. The van der Waals surface area contributed by atoms with E-state index in [1.807, 2.05) is 0 Å².